The SMILES string of the molecule is CCCOc1nc(C(C)C)nc(NC2CCCCCC2)c1N. The molecule has 3 N–H and O–H groups in total. The number of nitrogens with zero attached hydrogens (tertiary/aromatic N) is 2. The molecule has 1 heterocycles. The quantitative estimate of drug-likeness (QED) is 0.774. The molecule has 0 saturated heterocycles. The molecule has 0 spiro atoms. The maximum absolute atomic E-state index is 6.24. The number of hydrogen-bond donors (Lipinski definition) is 2. The van der Waals surface area contributed by atoms with Crippen LogP contribution in [0.1, 0.15) is 77.5 Å². The lowest BCUT2D eigenvalue weighted by atomic mass is 10.1. The third kappa shape index (κ3) is 4.49. The third-order valence-corrected chi connectivity index (χ3v) is 4.08. The molecule has 5 heteroatoms. The van der Waals surface area contributed by atoms with Crippen LogP contribution >= 0.6 is 0 Å². The Hall–Kier alpha value is -1.52. The molecule has 2 rings (SSSR count). The van der Waals surface area contributed by atoms with Crippen molar-refractivity contribution in [2.24, 2.45) is 0 Å². The third-order valence-electron chi connectivity index (χ3n) is 4.08. The van der Waals surface area contributed by atoms with Gasteiger partial charge in [0.25, 0.3) is 0 Å². The Labute approximate surface area is 134 Å². The van der Waals surface area contributed by atoms with Gasteiger partial charge in [0.1, 0.15) is 11.5 Å². The Balaban J connectivity index is 2.21. The molecule has 1 saturated carbocycles. The highest BCUT2D eigenvalue weighted by Gasteiger charge is 2.19. The van der Waals surface area contributed by atoms with Gasteiger partial charge < -0.3 is 15.8 Å². The predicted molar refractivity (Wildman–Crippen MR) is 91.4 cm³/mol. The number of ether oxygens (including phenoxy) is 1. The van der Waals surface area contributed by atoms with Gasteiger partial charge in [0, 0.05) is 12.0 Å². The number of aromatic nitrogens is 2. The summed E-state index contributed by atoms with van der Waals surface area (Å²) >= 11 is 0. The van der Waals surface area contributed by atoms with Gasteiger partial charge in [-0.15, -0.1) is 0 Å². The van der Waals surface area contributed by atoms with Crippen LogP contribution in [0, 0.1) is 0 Å². The highest BCUT2D eigenvalue weighted by atomic mass is 16.5. The number of nitrogens with two attached hydrogens (primary N) is 1. The standard InChI is InChI=1S/C17H30N4O/c1-4-11-22-17-14(18)16(20-15(21-17)12(2)3)19-13-9-7-5-6-8-10-13/h12-13H,4-11,18H2,1-3H3,(H,19,20,21). The van der Waals surface area contributed by atoms with Crippen LogP contribution in [0.3, 0.4) is 0 Å². The van der Waals surface area contributed by atoms with Gasteiger partial charge in [-0.25, -0.2) is 4.98 Å². The first-order valence-electron chi connectivity index (χ1n) is 8.68. The van der Waals surface area contributed by atoms with Crippen LogP contribution in [-0.2, 0) is 0 Å². The van der Waals surface area contributed by atoms with Gasteiger partial charge in [0.05, 0.1) is 6.61 Å². The smallest absolute Gasteiger partial charge is 0.242 e. The van der Waals surface area contributed by atoms with Crippen molar-refractivity contribution in [1.82, 2.24) is 9.97 Å². The molecule has 0 aromatic carbocycles. The molecule has 0 unspecified atom stereocenters. The van der Waals surface area contributed by atoms with Gasteiger partial charge in [-0.3, -0.25) is 0 Å². The molecule has 0 atom stereocenters. The first kappa shape index (κ1) is 16.8. The fraction of sp³-hybridized carbons (Fsp3) is 0.765. The van der Waals surface area contributed by atoms with Gasteiger partial charge in [-0.05, 0) is 19.3 Å². The van der Waals surface area contributed by atoms with Crippen LogP contribution in [0.2, 0.25) is 0 Å². The molecule has 0 aliphatic heterocycles. The van der Waals surface area contributed by atoms with Gasteiger partial charge in [0.2, 0.25) is 5.88 Å². The van der Waals surface area contributed by atoms with E-state index in [-0.39, 0.29) is 5.92 Å². The van der Waals surface area contributed by atoms with Crippen molar-refractivity contribution in [2.45, 2.75) is 77.7 Å². The maximum Gasteiger partial charge on any atom is 0.242 e. The molecule has 1 fully saturated rings. The Morgan fingerprint density at radius 3 is 2.45 bits per heavy atom. The average Bonchev–Trinajstić information content (AvgIpc) is 2.76. The molecule has 0 amide bonds. The molecule has 124 valence electrons. The van der Waals surface area contributed by atoms with Crippen molar-refractivity contribution in [2.75, 3.05) is 17.7 Å². The number of anilines is 2. The lowest BCUT2D eigenvalue weighted by Crippen LogP contribution is -2.21. The van der Waals surface area contributed by atoms with Crippen LogP contribution in [-0.4, -0.2) is 22.6 Å². The molecule has 1 aliphatic rings. The van der Waals surface area contributed by atoms with Crippen LogP contribution in [0.15, 0.2) is 0 Å². The van der Waals surface area contributed by atoms with E-state index in [2.05, 4.69) is 36.1 Å². The van der Waals surface area contributed by atoms with Crippen LogP contribution in [0.4, 0.5) is 11.5 Å². The lowest BCUT2D eigenvalue weighted by Gasteiger charge is -2.20. The lowest BCUT2D eigenvalue weighted by molar-refractivity contribution is 0.305. The van der Waals surface area contributed by atoms with Gasteiger partial charge in [0.15, 0.2) is 5.82 Å². The van der Waals surface area contributed by atoms with Crippen LogP contribution in [0.25, 0.3) is 0 Å². The summed E-state index contributed by atoms with van der Waals surface area (Å²) in [4.78, 5) is 9.12. The van der Waals surface area contributed by atoms with E-state index >= 15 is 0 Å². The summed E-state index contributed by atoms with van der Waals surface area (Å²) in [7, 11) is 0. The molecular formula is C17H30N4O. The van der Waals surface area contributed by atoms with Crippen molar-refractivity contribution in [3.8, 4) is 5.88 Å². The van der Waals surface area contributed by atoms with E-state index in [4.69, 9.17) is 10.5 Å². The summed E-state index contributed by atoms with van der Waals surface area (Å²) < 4.78 is 5.72. The zero-order valence-corrected chi connectivity index (χ0v) is 14.2. The van der Waals surface area contributed by atoms with Crippen molar-refractivity contribution >= 4 is 11.5 Å². The van der Waals surface area contributed by atoms with Crippen LogP contribution in [0.5, 0.6) is 5.88 Å². The number of nitrogens with one attached hydrogen (secondary N) is 1. The van der Waals surface area contributed by atoms with Crippen molar-refractivity contribution in [3.63, 3.8) is 0 Å². The van der Waals surface area contributed by atoms with Crippen molar-refractivity contribution in [1.29, 1.82) is 0 Å². The predicted octanol–water partition coefficient (Wildman–Crippen LogP) is 4.11. The van der Waals surface area contributed by atoms with Crippen LogP contribution < -0.4 is 15.8 Å². The number of rotatable bonds is 6. The van der Waals surface area contributed by atoms with Crippen molar-refractivity contribution in [3.05, 3.63) is 5.82 Å². The minimum atomic E-state index is 0.249. The highest BCUT2D eigenvalue weighted by Crippen LogP contribution is 2.30. The first-order chi connectivity index (χ1) is 10.6. The van der Waals surface area contributed by atoms with Crippen molar-refractivity contribution < 1.29 is 4.74 Å². The Bertz CT molecular complexity index is 468. The molecule has 22 heavy (non-hydrogen) atoms. The zero-order chi connectivity index (χ0) is 15.9. The Morgan fingerprint density at radius 1 is 1.18 bits per heavy atom. The zero-order valence-electron chi connectivity index (χ0n) is 14.2. The summed E-state index contributed by atoms with van der Waals surface area (Å²) in [5.41, 5.74) is 6.78. The summed E-state index contributed by atoms with van der Waals surface area (Å²) in [5.74, 6) is 2.31. The topological polar surface area (TPSA) is 73.1 Å². The van der Waals surface area contributed by atoms with Gasteiger partial charge in [-0.1, -0.05) is 46.5 Å². The second kappa shape index (κ2) is 8.20. The summed E-state index contributed by atoms with van der Waals surface area (Å²) in [6.45, 7) is 6.88. The average molecular weight is 306 g/mol. The van der Waals surface area contributed by atoms with E-state index < -0.39 is 0 Å². The Kier molecular flexibility index (Phi) is 6.28. The van der Waals surface area contributed by atoms with E-state index in [0.29, 0.717) is 24.2 Å². The monoisotopic (exact) mass is 306 g/mol. The van der Waals surface area contributed by atoms with E-state index in [1.54, 1.807) is 0 Å². The summed E-state index contributed by atoms with van der Waals surface area (Å²) in [6, 6.07) is 0.457. The first-order valence-corrected chi connectivity index (χ1v) is 8.68. The number of nitrogen functional groups attached to an aromatic ring is 1. The van der Waals surface area contributed by atoms with E-state index in [0.717, 1.165) is 18.1 Å². The van der Waals surface area contributed by atoms with E-state index in [1.807, 2.05) is 0 Å². The summed E-state index contributed by atoms with van der Waals surface area (Å²) in [5, 5.41) is 3.55. The molecule has 1 aliphatic carbocycles. The van der Waals surface area contributed by atoms with E-state index in [1.165, 1.54) is 38.5 Å². The molecule has 0 bridgehead atoms. The number of hydrogen-bond acceptors (Lipinski definition) is 5. The minimum Gasteiger partial charge on any atom is -0.476 e. The second-order valence-electron chi connectivity index (χ2n) is 6.49. The molecule has 1 aromatic rings. The fourth-order valence-electron chi connectivity index (χ4n) is 2.76. The normalized spacial score (nSPS) is 16.5. The molecule has 1 aromatic heterocycles. The second-order valence-corrected chi connectivity index (χ2v) is 6.49. The highest BCUT2D eigenvalue weighted by molar-refractivity contribution is 5.67. The van der Waals surface area contributed by atoms with Gasteiger partial charge >= 0.3 is 0 Å². The maximum atomic E-state index is 6.24. The minimum absolute atomic E-state index is 0.249. The van der Waals surface area contributed by atoms with E-state index in [9.17, 15) is 0 Å². The van der Waals surface area contributed by atoms with Gasteiger partial charge in [-0.2, -0.15) is 4.98 Å². The Morgan fingerprint density at radius 2 is 1.86 bits per heavy atom. The summed E-state index contributed by atoms with van der Waals surface area (Å²) in [6.07, 6.45) is 8.53. The molecular weight excluding hydrogens is 276 g/mol. The molecule has 5 nitrogen and oxygen atoms in total. The molecule has 0 radical (unpaired) electrons. The largest absolute Gasteiger partial charge is 0.476 e. The fourth-order valence-corrected chi connectivity index (χ4v) is 2.76.